The Morgan fingerprint density at radius 1 is 1.06 bits per heavy atom. The Morgan fingerprint density at radius 2 is 1.82 bits per heavy atom. The van der Waals surface area contributed by atoms with Crippen LogP contribution in [0.1, 0.15) is 40.9 Å². The number of amides is 1. The smallest absolute Gasteiger partial charge is 0.335 e. The Morgan fingerprint density at radius 3 is 2.50 bits per heavy atom. The van der Waals surface area contributed by atoms with Crippen LogP contribution in [-0.2, 0) is 19.1 Å². The number of hydrogen-bond acceptors (Lipinski definition) is 15. The fraction of sp³-hybridized carbons (Fsp3) is 0.318. The molecule has 18 heteroatoms. The minimum Gasteiger partial charge on any atom is -0.508 e. The van der Waals surface area contributed by atoms with Crippen molar-refractivity contribution in [3.63, 3.8) is 0 Å². The van der Waals surface area contributed by atoms with Gasteiger partial charge in [0.2, 0.25) is 23.1 Å². The summed E-state index contributed by atoms with van der Waals surface area (Å²) in [5.74, 6) is -3.86. The van der Waals surface area contributed by atoms with E-state index in [1.165, 1.54) is 47.2 Å². The number of benzene rings is 3. The highest BCUT2D eigenvalue weighted by molar-refractivity contribution is 8.76. The van der Waals surface area contributed by atoms with E-state index in [0.717, 1.165) is 28.0 Å². The highest BCUT2D eigenvalue weighted by atomic mass is 33.1. The molecule has 9 atom stereocenters. The van der Waals surface area contributed by atoms with Gasteiger partial charge in [-0.15, -0.1) is 0 Å². The molecule has 5 aromatic rings. The van der Waals surface area contributed by atoms with Gasteiger partial charge < -0.3 is 54.9 Å². The van der Waals surface area contributed by atoms with Gasteiger partial charge in [0, 0.05) is 30.8 Å². The van der Waals surface area contributed by atoms with Crippen molar-refractivity contribution < 1.29 is 58.5 Å². The van der Waals surface area contributed by atoms with Crippen LogP contribution in [0.25, 0.3) is 28.2 Å². The molecule has 0 spiro atoms. The Hall–Kier alpha value is -5.44. The zero-order valence-electron chi connectivity index (χ0n) is 33.2. The summed E-state index contributed by atoms with van der Waals surface area (Å²) in [7, 11) is 2.57. The SMILES string of the molecule is C[C@H](C/C=C/c1ccccc1)[C@@H]1CN[C@H](O)[C@]2(O)[C@H](Oc3ccc4c(=O)c(-c5ccc(O)cc5)c(C(N)=O)oc4c3)O[C@H](C(=O)O)[C@@H](O)[C@]2(C=O)OCSSC[C@H]1c1cc[nH]c1. The van der Waals surface area contributed by atoms with Crippen LogP contribution in [0.2, 0.25) is 0 Å². The summed E-state index contributed by atoms with van der Waals surface area (Å²) < 4.78 is 23.6. The number of aliphatic hydroxyl groups is 3. The number of nitrogens with one attached hydrogen (secondary N) is 2. The van der Waals surface area contributed by atoms with Gasteiger partial charge in [0.05, 0.1) is 10.9 Å². The van der Waals surface area contributed by atoms with E-state index in [9.17, 15) is 44.7 Å². The number of primary amides is 1. The topological polar surface area (TPSA) is 264 Å². The van der Waals surface area contributed by atoms with Gasteiger partial charge in [-0.05, 0) is 71.2 Å². The molecule has 0 aliphatic carbocycles. The number of aromatic hydroxyl groups is 1. The third-order valence-corrected chi connectivity index (χ3v) is 13.5. The average molecular weight is 888 g/mol. The number of aromatic amines is 1. The van der Waals surface area contributed by atoms with Gasteiger partial charge >= 0.3 is 5.97 Å². The third kappa shape index (κ3) is 8.64. The first-order valence-electron chi connectivity index (χ1n) is 19.5. The van der Waals surface area contributed by atoms with Crippen LogP contribution in [0.5, 0.6) is 11.5 Å². The summed E-state index contributed by atoms with van der Waals surface area (Å²) in [5, 5.41) is 59.5. The number of aldehydes is 1. The van der Waals surface area contributed by atoms with Crippen LogP contribution in [-0.4, -0.2) is 103 Å². The molecule has 326 valence electrons. The molecule has 2 saturated heterocycles. The van der Waals surface area contributed by atoms with E-state index in [1.54, 1.807) is 0 Å². The van der Waals surface area contributed by atoms with E-state index in [0.29, 0.717) is 12.2 Å². The Bertz CT molecular complexity index is 2470. The summed E-state index contributed by atoms with van der Waals surface area (Å²) in [6, 6.07) is 20.9. The van der Waals surface area contributed by atoms with Crippen LogP contribution in [0.4, 0.5) is 0 Å². The lowest BCUT2D eigenvalue weighted by molar-refractivity contribution is -0.364. The summed E-state index contributed by atoms with van der Waals surface area (Å²) in [5.41, 5.74) is 0.865. The quantitative estimate of drug-likeness (QED) is 0.0682. The molecule has 2 aliphatic heterocycles. The molecule has 62 heavy (non-hydrogen) atoms. The number of aromatic nitrogens is 1. The van der Waals surface area contributed by atoms with E-state index in [2.05, 4.69) is 23.3 Å². The molecule has 3 aromatic carbocycles. The second-order valence-electron chi connectivity index (χ2n) is 15.1. The highest BCUT2D eigenvalue weighted by Crippen LogP contribution is 2.46. The number of aliphatic carboxylic acids is 1. The molecule has 0 saturated carbocycles. The lowest BCUT2D eigenvalue weighted by atomic mass is 9.72. The van der Waals surface area contributed by atoms with E-state index in [4.69, 9.17) is 24.4 Å². The molecule has 2 aromatic heterocycles. The first-order chi connectivity index (χ1) is 29.8. The number of H-pyrrole nitrogens is 1. The number of phenolic OH excluding ortho intramolecular Hbond substituents is 1. The van der Waals surface area contributed by atoms with Crippen LogP contribution >= 0.6 is 21.6 Å². The number of phenols is 1. The molecule has 9 N–H and O–H groups in total. The fourth-order valence-corrected chi connectivity index (χ4v) is 10.1. The van der Waals surface area contributed by atoms with Gasteiger partial charge in [-0.2, -0.15) is 0 Å². The molecular formula is C44H45N3O13S2. The van der Waals surface area contributed by atoms with Crippen LogP contribution < -0.4 is 21.2 Å². The predicted molar refractivity (Wildman–Crippen MR) is 231 cm³/mol. The number of fused-ring (bicyclic) bond motifs is 2. The molecule has 2 fully saturated rings. The Kier molecular flexibility index (Phi) is 13.6. The van der Waals surface area contributed by atoms with Gasteiger partial charge in [0.15, 0.2) is 18.0 Å². The van der Waals surface area contributed by atoms with Crippen LogP contribution in [0, 0.1) is 11.8 Å². The first kappa shape index (κ1) is 44.6. The van der Waals surface area contributed by atoms with Gasteiger partial charge in [-0.1, -0.05) is 83.1 Å². The number of aliphatic hydroxyl groups excluding tert-OH is 2. The number of ether oxygens (including phenoxy) is 3. The van der Waals surface area contributed by atoms with Crippen molar-refractivity contribution in [2.24, 2.45) is 17.6 Å². The molecular weight excluding hydrogens is 843 g/mol. The van der Waals surface area contributed by atoms with E-state index in [-0.39, 0.29) is 70.1 Å². The number of carboxylic acids is 1. The van der Waals surface area contributed by atoms with Crippen molar-refractivity contribution in [2.75, 3.05) is 18.2 Å². The van der Waals surface area contributed by atoms with Crippen molar-refractivity contribution in [2.45, 2.75) is 55.2 Å². The molecule has 4 heterocycles. The zero-order valence-corrected chi connectivity index (χ0v) is 34.8. The van der Waals surface area contributed by atoms with E-state index < -0.39 is 59.0 Å². The second kappa shape index (κ2) is 18.9. The first-order valence-corrected chi connectivity index (χ1v) is 22.0. The lowest BCUT2D eigenvalue weighted by Crippen LogP contribution is -2.82. The van der Waals surface area contributed by atoms with Crippen molar-refractivity contribution in [3.8, 4) is 22.6 Å². The zero-order chi connectivity index (χ0) is 44.2. The predicted octanol–water partition coefficient (Wildman–Crippen LogP) is 4.23. The molecule has 7 rings (SSSR count). The second-order valence-corrected chi connectivity index (χ2v) is 17.6. The summed E-state index contributed by atoms with van der Waals surface area (Å²) in [4.78, 5) is 55.4. The molecule has 0 bridgehead atoms. The Labute approximate surface area is 362 Å². The van der Waals surface area contributed by atoms with Crippen molar-refractivity contribution in [3.05, 3.63) is 124 Å². The number of carbonyl (C=O) groups excluding carboxylic acids is 2. The maximum Gasteiger partial charge on any atom is 0.335 e. The van der Waals surface area contributed by atoms with Gasteiger partial charge in [-0.25, -0.2) is 4.79 Å². The standard InChI is InChI=1S/C44H45N3O13S2/c1-24(6-5-9-25-7-3-2-4-8-25)31-20-47-41(55)44(56)42(60-37(40(53)54)38(51)43(44,22-48)57-23-62-61-21-32(31)27-16-17-46-19-27)58-29-14-15-30-33(18-29)59-36(39(45)52)34(35(30)50)26-10-12-28(49)13-11-26/h2-5,7-19,22,24,31-32,37-38,41-42,46-47,49,51,55-56H,6,20-21,23H2,1H3,(H2,45,52)(H,53,54)/b9-5+/t24-,31+,32+,37+,38-,41-,42-,43+,44+/m1/s1. The van der Waals surface area contributed by atoms with Crippen molar-refractivity contribution in [1.29, 1.82) is 0 Å². The number of hydrogen-bond donors (Lipinski definition) is 8. The van der Waals surface area contributed by atoms with Gasteiger partial charge in [-0.3, -0.25) is 19.7 Å². The van der Waals surface area contributed by atoms with E-state index >= 15 is 0 Å². The van der Waals surface area contributed by atoms with Crippen LogP contribution in [0.3, 0.4) is 0 Å². The van der Waals surface area contributed by atoms with Crippen molar-refractivity contribution in [1.82, 2.24) is 10.3 Å². The normalized spacial score (nSPS) is 27.7. The number of carbonyl (C=O) groups is 3. The lowest BCUT2D eigenvalue weighted by Gasteiger charge is -2.55. The summed E-state index contributed by atoms with van der Waals surface area (Å²) in [6.07, 6.45) is -0.587. The number of rotatable bonds is 11. The maximum atomic E-state index is 13.8. The van der Waals surface area contributed by atoms with E-state index in [1.807, 2.05) is 54.9 Å². The summed E-state index contributed by atoms with van der Waals surface area (Å²) in [6.45, 7) is 2.10. The third-order valence-electron chi connectivity index (χ3n) is 11.4. The molecule has 0 unspecified atom stereocenters. The fourth-order valence-electron chi connectivity index (χ4n) is 8.06. The minimum atomic E-state index is -3.08. The molecule has 0 radical (unpaired) electrons. The largest absolute Gasteiger partial charge is 0.508 e. The minimum absolute atomic E-state index is 0.0331. The highest BCUT2D eigenvalue weighted by Gasteiger charge is 2.72. The van der Waals surface area contributed by atoms with Crippen LogP contribution in [0.15, 0.2) is 107 Å². The average Bonchev–Trinajstić information content (AvgIpc) is 3.80. The van der Waals surface area contributed by atoms with Gasteiger partial charge in [0.25, 0.3) is 5.91 Å². The molecule has 2 aliphatic rings. The molecule has 16 nitrogen and oxygen atoms in total. The maximum absolute atomic E-state index is 13.8. The number of nitrogens with two attached hydrogens (primary N) is 1. The Balaban J connectivity index is 1.27. The van der Waals surface area contributed by atoms with Gasteiger partial charge in [0.1, 0.15) is 35.4 Å². The number of allylic oxidation sites excluding steroid dienone is 1. The monoisotopic (exact) mass is 887 g/mol. The van der Waals surface area contributed by atoms with Crippen molar-refractivity contribution >= 4 is 56.8 Å². The molecule has 1 amide bonds. The summed E-state index contributed by atoms with van der Waals surface area (Å²) >= 11 is 0. The number of carboxylic acid groups (broad SMARTS) is 1.